The summed E-state index contributed by atoms with van der Waals surface area (Å²) in [5, 5.41) is 0. The second-order valence-electron chi connectivity index (χ2n) is 5.39. The summed E-state index contributed by atoms with van der Waals surface area (Å²) in [6.07, 6.45) is 4.43. The van der Waals surface area contributed by atoms with Crippen LogP contribution in [0.5, 0.6) is 0 Å². The van der Waals surface area contributed by atoms with Gasteiger partial charge in [0, 0.05) is 32.1 Å². The number of anilines is 2. The van der Waals surface area contributed by atoms with Gasteiger partial charge in [-0.25, -0.2) is 9.97 Å². The number of aryl methyl sites for hydroxylation is 1. The van der Waals surface area contributed by atoms with Gasteiger partial charge in [-0.2, -0.15) is 0 Å². The highest BCUT2D eigenvalue weighted by Crippen LogP contribution is 2.23. The molecular formula is C14H20N4O. The van der Waals surface area contributed by atoms with Gasteiger partial charge in [0.25, 0.3) is 0 Å². The van der Waals surface area contributed by atoms with Crippen LogP contribution in [0.15, 0.2) is 6.07 Å². The molecule has 5 heteroatoms. The third kappa shape index (κ3) is 2.69. The number of rotatable bonds is 2. The minimum atomic E-state index is 0.302. The second kappa shape index (κ2) is 5.15. The lowest BCUT2D eigenvalue weighted by molar-refractivity contribution is -0.116. The molecule has 3 heterocycles. The fourth-order valence-corrected chi connectivity index (χ4v) is 2.81. The van der Waals surface area contributed by atoms with Crippen LogP contribution in [-0.2, 0) is 4.79 Å². The lowest BCUT2D eigenvalue weighted by Gasteiger charge is -2.28. The molecule has 19 heavy (non-hydrogen) atoms. The van der Waals surface area contributed by atoms with Gasteiger partial charge in [-0.05, 0) is 26.2 Å². The fourth-order valence-electron chi connectivity index (χ4n) is 2.81. The Labute approximate surface area is 113 Å². The third-order valence-electron chi connectivity index (χ3n) is 3.84. The maximum Gasteiger partial charge on any atom is 0.153 e. The normalized spacial score (nSPS) is 20.2. The molecule has 5 nitrogen and oxygen atoms in total. The van der Waals surface area contributed by atoms with Gasteiger partial charge in [-0.3, -0.25) is 4.79 Å². The molecule has 0 spiro atoms. The molecule has 0 aliphatic carbocycles. The predicted octanol–water partition coefficient (Wildman–Crippen LogP) is 1.55. The van der Waals surface area contributed by atoms with Gasteiger partial charge in [0.15, 0.2) is 5.78 Å². The van der Waals surface area contributed by atoms with Gasteiger partial charge < -0.3 is 9.80 Å². The number of nitrogens with zero attached hydrogens (tertiary/aromatic N) is 4. The van der Waals surface area contributed by atoms with Crippen LogP contribution in [0.2, 0.25) is 0 Å². The highest BCUT2D eigenvalue weighted by molar-refractivity contribution is 5.86. The summed E-state index contributed by atoms with van der Waals surface area (Å²) in [4.78, 5) is 24.8. The Bertz CT molecular complexity index is 482. The molecule has 3 rings (SSSR count). The molecule has 1 aromatic heterocycles. The molecule has 0 N–H and O–H groups in total. The van der Waals surface area contributed by atoms with E-state index in [1.54, 1.807) is 0 Å². The van der Waals surface area contributed by atoms with Crippen LogP contribution < -0.4 is 9.80 Å². The summed E-state index contributed by atoms with van der Waals surface area (Å²) in [7, 11) is 0. The Kier molecular flexibility index (Phi) is 3.36. The zero-order valence-corrected chi connectivity index (χ0v) is 11.4. The lowest BCUT2D eigenvalue weighted by Crippen LogP contribution is -2.31. The molecule has 0 saturated carbocycles. The van der Waals surface area contributed by atoms with E-state index in [0.29, 0.717) is 18.7 Å². The quantitative estimate of drug-likeness (QED) is 0.807. The number of carbonyl (C=O) groups excluding carboxylic acids is 1. The van der Waals surface area contributed by atoms with Crippen molar-refractivity contribution in [1.82, 2.24) is 9.97 Å². The minimum absolute atomic E-state index is 0.302. The summed E-state index contributed by atoms with van der Waals surface area (Å²) >= 11 is 0. The number of ketones is 1. The highest BCUT2D eigenvalue weighted by Gasteiger charge is 2.22. The SMILES string of the molecule is Cc1nc(N2CCCCC2)cc(N2CCC(=O)C2)n1. The average Bonchev–Trinajstić information content (AvgIpc) is 2.86. The van der Waals surface area contributed by atoms with Crippen molar-refractivity contribution >= 4 is 17.4 Å². The van der Waals surface area contributed by atoms with Gasteiger partial charge in [-0.1, -0.05) is 0 Å². The first-order valence-corrected chi connectivity index (χ1v) is 7.10. The predicted molar refractivity (Wildman–Crippen MR) is 74.7 cm³/mol. The molecule has 2 saturated heterocycles. The molecule has 0 atom stereocenters. The van der Waals surface area contributed by atoms with E-state index in [0.717, 1.165) is 37.1 Å². The zero-order chi connectivity index (χ0) is 13.2. The largest absolute Gasteiger partial charge is 0.356 e. The van der Waals surface area contributed by atoms with Crippen LogP contribution in [0.4, 0.5) is 11.6 Å². The second-order valence-corrected chi connectivity index (χ2v) is 5.39. The van der Waals surface area contributed by atoms with Gasteiger partial charge in [0.05, 0.1) is 6.54 Å². The summed E-state index contributed by atoms with van der Waals surface area (Å²) in [6.45, 7) is 5.36. The van der Waals surface area contributed by atoms with Crippen molar-refractivity contribution in [3.63, 3.8) is 0 Å². The molecule has 2 aliphatic heterocycles. The van der Waals surface area contributed by atoms with E-state index in [9.17, 15) is 4.79 Å². The Balaban J connectivity index is 1.85. The molecule has 2 aliphatic rings. The van der Waals surface area contributed by atoms with Crippen LogP contribution in [0.25, 0.3) is 0 Å². The van der Waals surface area contributed by atoms with Crippen molar-refractivity contribution in [2.24, 2.45) is 0 Å². The topological polar surface area (TPSA) is 49.3 Å². The fraction of sp³-hybridized carbons (Fsp3) is 0.643. The monoisotopic (exact) mass is 260 g/mol. The standard InChI is InChI=1S/C14H20N4O/c1-11-15-13(17-6-3-2-4-7-17)9-14(16-11)18-8-5-12(19)10-18/h9H,2-8,10H2,1H3. The maximum atomic E-state index is 11.4. The number of hydrogen-bond donors (Lipinski definition) is 0. The minimum Gasteiger partial charge on any atom is -0.356 e. The molecular weight excluding hydrogens is 240 g/mol. The van der Waals surface area contributed by atoms with Crippen molar-refractivity contribution in [3.05, 3.63) is 11.9 Å². The summed E-state index contributed by atoms with van der Waals surface area (Å²) in [5.41, 5.74) is 0. The molecule has 102 valence electrons. The zero-order valence-electron chi connectivity index (χ0n) is 11.4. The molecule has 0 radical (unpaired) electrons. The van der Waals surface area contributed by atoms with E-state index in [4.69, 9.17) is 0 Å². The number of piperidine rings is 1. The van der Waals surface area contributed by atoms with E-state index in [2.05, 4.69) is 19.8 Å². The van der Waals surface area contributed by atoms with Gasteiger partial charge >= 0.3 is 0 Å². The van der Waals surface area contributed by atoms with E-state index in [-0.39, 0.29) is 0 Å². The first-order valence-electron chi connectivity index (χ1n) is 7.10. The van der Waals surface area contributed by atoms with Crippen LogP contribution in [0, 0.1) is 6.92 Å². The summed E-state index contributed by atoms with van der Waals surface area (Å²) < 4.78 is 0. The Hall–Kier alpha value is -1.65. The van der Waals surface area contributed by atoms with Crippen LogP contribution in [-0.4, -0.2) is 41.9 Å². The molecule has 0 bridgehead atoms. The smallest absolute Gasteiger partial charge is 0.153 e. The van der Waals surface area contributed by atoms with E-state index in [1.165, 1.54) is 19.3 Å². The number of aromatic nitrogens is 2. The average molecular weight is 260 g/mol. The van der Waals surface area contributed by atoms with Crippen LogP contribution in [0.1, 0.15) is 31.5 Å². The van der Waals surface area contributed by atoms with Crippen molar-refractivity contribution in [1.29, 1.82) is 0 Å². The molecule has 2 fully saturated rings. The summed E-state index contributed by atoms with van der Waals surface area (Å²) in [5.74, 6) is 3.01. The van der Waals surface area contributed by atoms with E-state index < -0.39 is 0 Å². The Morgan fingerprint density at radius 3 is 2.32 bits per heavy atom. The molecule has 0 unspecified atom stereocenters. The van der Waals surface area contributed by atoms with E-state index in [1.807, 2.05) is 13.0 Å². The number of carbonyl (C=O) groups is 1. The number of Topliss-reactive ketones (excluding diaryl/α,β-unsaturated/α-hetero) is 1. The molecule has 0 amide bonds. The van der Waals surface area contributed by atoms with E-state index >= 15 is 0 Å². The molecule has 1 aromatic rings. The first-order chi connectivity index (χ1) is 9.22. The van der Waals surface area contributed by atoms with Gasteiger partial charge in [0.1, 0.15) is 17.5 Å². The van der Waals surface area contributed by atoms with Crippen molar-refractivity contribution in [3.8, 4) is 0 Å². The Morgan fingerprint density at radius 1 is 1.00 bits per heavy atom. The Morgan fingerprint density at radius 2 is 1.68 bits per heavy atom. The van der Waals surface area contributed by atoms with Crippen molar-refractivity contribution in [2.45, 2.75) is 32.6 Å². The lowest BCUT2D eigenvalue weighted by atomic mass is 10.1. The van der Waals surface area contributed by atoms with Gasteiger partial charge in [0.2, 0.25) is 0 Å². The maximum absolute atomic E-state index is 11.4. The van der Waals surface area contributed by atoms with Crippen LogP contribution >= 0.6 is 0 Å². The van der Waals surface area contributed by atoms with Crippen molar-refractivity contribution < 1.29 is 4.79 Å². The highest BCUT2D eigenvalue weighted by atomic mass is 16.1. The van der Waals surface area contributed by atoms with Crippen LogP contribution in [0.3, 0.4) is 0 Å². The third-order valence-corrected chi connectivity index (χ3v) is 3.84. The van der Waals surface area contributed by atoms with Gasteiger partial charge in [-0.15, -0.1) is 0 Å². The molecule has 0 aromatic carbocycles. The number of hydrogen-bond acceptors (Lipinski definition) is 5. The summed E-state index contributed by atoms with van der Waals surface area (Å²) in [6, 6.07) is 2.04. The first kappa shape index (κ1) is 12.4. The van der Waals surface area contributed by atoms with Crippen molar-refractivity contribution in [2.75, 3.05) is 36.0 Å².